The highest BCUT2D eigenvalue weighted by molar-refractivity contribution is 4.54. The van der Waals surface area contributed by atoms with Gasteiger partial charge in [0.15, 0.2) is 0 Å². The van der Waals surface area contributed by atoms with Gasteiger partial charge in [0, 0.05) is 13.7 Å². The summed E-state index contributed by atoms with van der Waals surface area (Å²) in [5, 5.41) is 3.44. The summed E-state index contributed by atoms with van der Waals surface area (Å²) in [7, 11) is 1.76. The zero-order valence-corrected chi connectivity index (χ0v) is 8.73. The van der Waals surface area contributed by atoms with Gasteiger partial charge in [-0.1, -0.05) is 20.3 Å². The quantitative estimate of drug-likeness (QED) is 0.567. The Kier molecular flexibility index (Phi) is 8.95. The average Bonchev–Trinajstić information content (AvgIpc) is 2.10. The highest BCUT2D eigenvalue weighted by Crippen LogP contribution is 1.97. The van der Waals surface area contributed by atoms with Crippen molar-refractivity contribution in [2.75, 3.05) is 26.8 Å². The van der Waals surface area contributed by atoms with Crippen molar-refractivity contribution >= 4 is 0 Å². The molecule has 0 spiro atoms. The maximum atomic E-state index is 4.96. The van der Waals surface area contributed by atoms with Crippen LogP contribution in [0.2, 0.25) is 0 Å². The van der Waals surface area contributed by atoms with Gasteiger partial charge in [0.1, 0.15) is 0 Å². The number of hydrogen-bond donors (Lipinski definition) is 1. The molecule has 1 unspecified atom stereocenters. The standard InChI is InChI=1S/C10H23NO/c1-4-10(2)9-11-7-5-6-8-12-3/h10-11H,4-9H2,1-3H3. The van der Waals surface area contributed by atoms with Crippen LogP contribution in [-0.4, -0.2) is 26.8 Å². The molecule has 0 aliphatic carbocycles. The van der Waals surface area contributed by atoms with Crippen LogP contribution in [0.5, 0.6) is 0 Å². The van der Waals surface area contributed by atoms with Crippen molar-refractivity contribution in [3.8, 4) is 0 Å². The molecule has 0 amide bonds. The molecule has 1 N–H and O–H groups in total. The van der Waals surface area contributed by atoms with E-state index in [1.165, 1.54) is 19.3 Å². The predicted molar refractivity (Wildman–Crippen MR) is 53.4 cm³/mol. The van der Waals surface area contributed by atoms with E-state index in [0.717, 1.165) is 25.6 Å². The molecule has 0 aromatic carbocycles. The van der Waals surface area contributed by atoms with Crippen molar-refractivity contribution in [1.29, 1.82) is 0 Å². The summed E-state index contributed by atoms with van der Waals surface area (Å²) in [5.74, 6) is 0.812. The molecule has 2 heteroatoms. The Morgan fingerprint density at radius 3 is 2.67 bits per heavy atom. The molecule has 0 heterocycles. The van der Waals surface area contributed by atoms with Crippen LogP contribution >= 0.6 is 0 Å². The molecule has 0 fully saturated rings. The van der Waals surface area contributed by atoms with Gasteiger partial charge in [0.05, 0.1) is 0 Å². The molecule has 0 radical (unpaired) electrons. The third-order valence-electron chi connectivity index (χ3n) is 2.14. The Morgan fingerprint density at radius 1 is 1.33 bits per heavy atom. The smallest absolute Gasteiger partial charge is 0.0462 e. The van der Waals surface area contributed by atoms with E-state index in [2.05, 4.69) is 19.2 Å². The van der Waals surface area contributed by atoms with Gasteiger partial charge in [-0.3, -0.25) is 0 Å². The normalized spacial score (nSPS) is 13.2. The SMILES string of the molecule is CCC(C)CNCCCCOC. The van der Waals surface area contributed by atoms with Gasteiger partial charge < -0.3 is 10.1 Å². The summed E-state index contributed by atoms with van der Waals surface area (Å²) < 4.78 is 4.96. The Labute approximate surface area is 76.7 Å². The fraction of sp³-hybridized carbons (Fsp3) is 1.00. The van der Waals surface area contributed by atoms with E-state index < -0.39 is 0 Å². The maximum absolute atomic E-state index is 4.96. The number of hydrogen-bond acceptors (Lipinski definition) is 2. The second-order valence-electron chi connectivity index (χ2n) is 3.42. The van der Waals surface area contributed by atoms with E-state index in [4.69, 9.17) is 4.74 Å². The maximum Gasteiger partial charge on any atom is 0.0462 e. The first-order valence-electron chi connectivity index (χ1n) is 5.00. The average molecular weight is 173 g/mol. The van der Waals surface area contributed by atoms with Crippen molar-refractivity contribution < 1.29 is 4.74 Å². The number of rotatable bonds is 8. The Bertz CT molecular complexity index is 85.9. The van der Waals surface area contributed by atoms with Crippen LogP contribution in [0.1, 0.15) is 33.1 Å². The number of ether oxygens (including phenoxy) is 1. The molecule has 0 saturated heterocycles. The Morgan fingerprint density at radius 2 is 2.08 bits per heavy atom. The lowest BCUT2D eigenvalue weighted by Crippen LogP contribution is -2.22. The molecular formula is C10H23NO. The molecule has 74 valence electrons. The lowest BCUT2D eigenvalue weighted by Gasteiger charge is -2.09. The van der Waals surface area contributed by atoms with Crippen LogP contribution in [0.15, 0.2) is 0 Å². The van der Waals surface area contributed by atoms with E-state index >= 15 is 0 Å². The Hall–Kier alpha value is -0.0800. The van der Waals surface area contributed by atoms with E-state index in [1.54, 1.807) is 7.11 Å². The van der Waals surface area contributed by atoms with Crippen molar-refractivity contribution in [2.24, 2.45) is 5.92 Å². The first kappa shape index (κ1) is 11.9. The third-order valence-corrected chi connectivity index (χ3v) is 2.14. The van der Waals surface area contributed by atoms with E-state index in [1.807, 2.05) is 0 Å². The molecule has 0 aromatic rings. The van der Waals surface area contributed by atoms with Crippen LogP contribution in [0, 0.1) is 5.92 Å². The fourth-order valence-corrected chi connectivity index (χ4v) is 0.989. The van der Waals surface area contributed by atoms with Gasteiger partial charge in [-0.05, 0) is 31.8 Å². The zero-order valence-electron chi connectivity index (χ0n) is 8.73. The minimum Gasteiger partial charge on any atom is -0.385 e. The van der Waals surface area contributed by atoms with Crippen molar-refractivity contribution in [2.45, 2.75) is 33.1 Å². The van der Waals surface area contributed by atoms with Crippen molar-refractivity contribution in [3.05, 3.63) is 0 Å². The zero-order chi connectivity index (χ0) is 9.23. The van der Waals surface area contributed by atoms with Gasteiger partial charge in [-0.15, -0.1) is 0 Å². The van der Waals surface area contributed by atoms with E-state index in [9.17, 15) is 0 Å². The molecule has 0 aliphatic rings. The predicted octanol–water partition coefficient (Wildman–Crippen LogP) is 2.05. The molecule has 0 bridgehead atoms. The van der Waals surface area contributed by atoms with Gasteiger partial charge in [0.2, 0.25) is 0 Å². The van der Waals surface area contributed by atoms with E-state index in [0.29, 0.717) is 0 Å². The molecule has 2 nitrogen and oxygen atoms in total. The number of methoxy groups -OCH3 is 1. The molecule has 0 saturated carbocycles. The molecule has 0 aliphatic heterocycles. The minimum atomic E-state index is 0.812. The molecule has 0 aromatic heterocycles. The van der Waals surface area contributed by atoms with Crippen molar-refractivity contribution in [3.63, 3.8) is 0 Å². The van der Waals surface area contributed by atoms with Crippen LogP contribution in [0.25, 0.3) is 0 Å². The highest BCUT2D eigenvalue weighted by Gasteiger charge is 1.96. The lowest BCUT2D eigenvalue weighted by molar-refractivity contribution is 0.192. The summed E-state index contributed by atoms with van der Waals surface area (Å²) >= 11 is 0. The first-order valence-corrected chi connectivity index (χ1v) is 5.00. The first-order chi connectivity index (χ1) is 5.81. The molecular weight excluding hydrogens is 150 g/mol. The van der Waals surface area contributed by atoms with Gasteiger partial charge in [0.25, 0.3) is 0 Å². The molecule has 1 atom stereocenters. The summed E-state index contributed by atoms with van der Waals surface area (Å²) in [6.07, 6.45) is 3.67. The molecule has 0 rings (SSSR count). The largest absolute Gasteiger partial charge is 0.385 e. The topological polar surface area (TPSA) is 21.3 Å². The highest BCUT2D eigenvalue weighted by atomic mass is 16.5. The minimum absolute atomic E-state index is 0.812. The van der Waals surface area contributed by atoms with Gasteiger partial charge >= 0.3 is 0 Å². The van der Waals surface area contributed by atoms with Crippen LogP contribution in [0.4, 0.5) is 0 Å². The van der Waals surface area contributed by atoms with Crippen LogP contribution in [0.3, 0.4) is 0 Å². The van der Waals surface area contributed by atoms with Gasteiger partial charge in [-0.2, -0.15) is 0 Å². The van der Waals surface area contributed by atoms with Crippen molar-refractivity contribution in [1.82, 2.24) is 5.32 Å². The van der Waals surface area contributed by atoms with E-state index in [-0.39, 0.29) is 0 Å². The monoisotopic (exact) mass is 173 g/mol. The summed E-state index contributed by atoms with van der Waals surface area (Å²) in [4.78, 5) is 0. The van der Waals surface area contributed by atoms with Crippen LogP contribution < -0.4 is 5.32 Å². The number of unbranched alkanes of at least 4 members (excludes halogenated alkanes) is 1. The summed E-state index contributed by atoms with van der Waals surface area (Å²) in [6, 6.07) is 0. The number of nitrogens with one attached hydrogen (secondary N) is 1. The van der Waals surface area contributed by atoms with Crippen LogP contribution in [-0.2, 0) is 4.74 Å². The lowest BCUT2D eigenvalue weighted by atomic mass is 10.1. The second kappa shape index (κ2) is 9.01. The fourth-order valence-electron chi connectivity index (χ4n) is 0.989. The third kappa shape index (κ3) is 8.02. The second-order valence-corrected chi connectivity index (χ2v) is 3.42. The summed E-state index contributed by atoms with van der Waals surface area (Å²) in [5.41, 5.74) is 0. The summed E-state index contributed by atoms with van der Waals surface area (Å²) in [6.45, 7) is 7.70. The Balaban J connectivity index is 2.90. The van der Waals surface area contributed by atoms with Gasteiger partial charge in [-0.25, -0.2) is 0 Å². The molecule has 12 heavy (non-hydrogen) atoms.